The highest BCUT2D eigenvalue weighted by atomic mass is 16.6. The van der Waals surface area contributed by atoms with E-state index in [0.29, 0.717) is 6.42 Å². The third-order valence-corrected chi connectivity index (χ3v) is 2.69. The van der Waals surface area contributed by atoms with Crippen LogP contribution >= 0.6 is 0 Å². The van der Waals surface area contributed by atoms with Gasteiger partial charge in [0.15, 0.2) is 0 Å². The summed E-state index contributed by atoms with van der Waals surface area (Å²) >= 11 is 0. The number of hydrogen-bond donors (Lipinski definition) is 1. The SMILES string of the molecule is CC(C)OC(=O)NN(C(=O)OC(C)C)C1CC=CCC1. The van der Waals surface area contributed by atoms with E-state index in [1.165, 1.54) is 5.01 Å². The van der Waals surface area contributed by atoms with Gasteiger partial charge in [0.2, 0.25) is 0 Å². The molecule has 0 aliphatic heterocycles. The Morgan fingerprint density at radius 2 is 1.80 bits per heavy atom. The summed E-state index contributed by atoms with van der Waals surface area (Å²) in [6.45, 7) is 7.03. The number of carbonyl (C=O) groups is 2. The molecule has 0 heterocycles. The molecule has 20 heavy (non-hydrogen) atoms. The summed E-state index contributed by atoms with van der Waals surface area (Å²) in [6.07, 6.45) is 4.72. The van der Waals surface area contributed by atoms with Crippen molar-refractivity contribution in [2.45, 2.75) is 65.2 Å². The van der Waals surface area contributed by atoms with Crippen LogP contribution in [-0.4, -0.2) is 35.4 Å². The summed E-state index contributed by atoms with van der Waals surface area (Å²) in [5.41, 5.74) is 2.49. The molecule has 2 amide bonds. The lowest BCUT2D eigenvalue weighted by Crippen LogP contribution is -2.53. The molecule has 0 fully saturated rings. The average molecular weight is 284 g/mol. The summed E-state index contributed by atoms with van der Waals surface area (Å²) in [6, 6.07) is -0.106. The van der Waals surface area contributed by atoms with E-state index in [9.17, 15) is 9.59 Å². The van der Waals surface area contributed by atoms with Crippen molar-refractivity contribution in [1.29, 1.82) is 0 Å². The minimum atomic E-state index is -0.643. The molecule has 0 radical (unpaired) electrons. The lowest BCUT2D eigenvalue weighted by molar-refractivity contribution is 0.0296. The fraction of sp³-hybridized carbons (Fsp3) is 0.714. The first-order valence-electron chi connectivity index (χ1n) is 7.02. The quantitative estimate of drug-likeness (QED) is 0.639. The Morgan fingerprint density at radius 1 is 1.15 bits per heavy atom. The van der Waals surface area contributed by atoms with Gasteiger partial charge >= 0.3 is 12.2 Å². The van der Waals surface area contributed by atoms with Gasteiger partial charge in [-0.2, -0.15) is 0 Å². The van der Waals surface area contributed by atoms with Gasteiger partial charge in [0.1, 0.15) is 0 Å². The van der Waals surface area contributed by atoms with Crippen molar-refractivity contribution >= 4 is 12.2 Å². The van der Waals surface area contributed by atoms with Crippen LogP contribution in [0.15, 0.2) is 12.2 Å². The molecule has 0 aromatic heterocycles. The van der Waals surface area contributed by atoms with Gasteiger partial charge in [-0.3, -0.25) is 0 Å². The monoisotopic (exact) mass is 284 g/mol. The van der Waals surface area contributed by atoms with Crippen molar-refractivity contribution in [2.24, 2.45) is 0 Å². The van der Waals surface area contributed by atoms with Crippen LogP contribution in [0.25, 0.3) is 0 Å². The first-order chi connectivity index (χ1) is 9.40. The summed E-state index contributed by atoms with van der Waals surface area (Å²) in [5, 5.41) is 1.24. The molecule has 1 N–H and O–H groups in total. The number of nitrogens with one attached hydrogen (secondary N) is 1. The van der Waals surface area contributed by atoms with Crippen LogP contribution < -0.4 is 5.43 Å². The number of amides is 2. The lowest BCUT2D eigenvalue weighted by Gasteiger charge is -2.32. The van der Waals surface area contributed by atoms with Crippen molar-refractivity contribution < 1.29 is 19.1 Å². The van der Waals surface area contributed by atoms with Gasteiger partial charge in [-0.05, 0) is 47.0 Å². The molecule has 1 aliphatic rings. The van der Waals surface area contributed by atoms with Crippen LogP contribution in [-0.2, 0) is 9.47 Å². The van der Waals surface area contributed by atoms with Gasteiger partial charge in [0, 0.05) is 0 Å². The molecule has 6 heteroatoms. The fourth-order valence-electron chi connectivity index (χ4n) is 1.90. The third kappa shape index (κ3) is 5.50. The number of nitrogens with zero attached hydrogens (tertiary/aromatic N) is 1. The van der Waals surface area contributed by atoms with Gasteiger partial charge in [0.25, 0.3) is 0 Å². The molecule has 6 nitrogen and oxygen atoms in total. The first-order valence-corrected chi connectivity index (χ1v) is 7.02. The van der Waals surface area contributed by atoms with Crippen LogP contribution in [0, 0.1) is 0 Å². The van der Waals surface area contributed by atoms with Gasteiger partial charge in [0.05, 0.1) is 18.2 Å². The lowest BCUT2D eigenvalue weighted by atomic mass is 10.0. The standard InChI is InChI=1S/C14H24N2O4/c1-10(2)19-13(17)15-16(14(18)20-11(3)4)12-8-6-5-7-9-12/h5-6,10-12H,7-9H2,1-4H3,(H,15,17). The number of hydrogen-bond acceptors (Lipinski definition) is 4. The van der Waals surface area contributed by atoms with Crippen molar-refractivity contribution in [3.8, 4) is 0 Å². The van der Waals surface area contributed by atoms with E-state index in [-0.39, 0.29) is 18.2 Å². The zero-order valence-electron chi connectivity index (χ0n) is 12.6. The normalized spacial score (nSPS) is 18.0. The van der Waals surface area contributed by atoms with E-state index in [1.54, 1.807) is 27.7 Å². The molecule has 0 saturated carbocycles. The summed E-state index contributed by atoms with van der Waals surface area (Å²) in [7, 11) is 0. The van der Waals surface area contributed by atoms with Gasteiger partial charge in [-0.1, -0.05) is 12.2 Å². The first kappa shape index (κ1) is 16.3. The zero-order chi connectivity index (χ0) is 15.1. The van der Waals surface area contributed by atoms with Gasteiger partial charge in [-0.25, -0.2) is 20.0 Å². The molecule has 0 spiro atoms. The summed E-state index contributed by atoms with van der Waals surface area (Å²) in [4.78, 5) is 23.8. The maximum Gasteiger partial charge on any atom is 0.429 e. The number of carbonyl (C=O) groups excluding carboxylic acids is 2. The molecule has 1 aliphatic carbocycles. The van der Waals surface area contributed by atoms with Crippen molar-refractivity contribution in [3.63, 3.8) is 0 Å². The highest BCUT2D eigenvalue weighted by Gasteiger charge is 2.28. The molecule has 0 saturated heterocycles. The summed E-state index contributed by atoms with van der Waals surface area (Å²) < 4.78 is 10.2. The molecule has 114 valence electrons. The van der Waals surface area contributed by atoms with E-state index in [4.69, 9.17) is 9.47 Å². The van der Waals surface area contributed by atoms with E-state index in [0.717, 1.165) is 12.8 Å². The second-order valence-electron chi connectivity index (χ2n) is 5.31. The molecule has 1 rings (SSSR count). The fourth-order valence-corrected chi connectivity index (χ4v) is 1.90. The Kier molecular flexibility index (Phi) is 6.35. The number of hydrazine groups is 1. The topological polar surface area (TPSA) is 67.9 Å². The van der Waals surface area contributed by atoms with Crippen LogP contribution in [0.1, 0.15) is 47.0 Å². The Morgan fingerprint density at radius 3 is 2.30 bits per heavy atom. The predicted molar refractivity (Wildman–Crippen MR) is 75.0 cm³/mol. The van der Waals surface area contributed by atoms with E-state index >= 15 is 0 Å². The van der Waals surface area contributed by atoms with E-state index in [1.807, 2.05) is 6.08 Å². The third-order valence-electron chi connectivity index (χ3n) is 2.69. The smallest absolute Gasteiger partial charge is 0.429 e. The Balaban J connectivity index is 2.70. The maximum absolute atomic E-state index is 12.1. The maximum atomic E-state index is 12.1. The predicted octanol–water partition coefficient (Wildman–Crippen LogP) is 2.99. The van der Waals surface area contributed by atoms with Crippen LogP contribution in [0.4, 0.5) is 9.59 Å². The molecule has 0 bridgehead atoms. The van der Waals surface area contributed by atoms with E-state index < -0.39 is 12.2 Å². The second kappa shape index (κ2) is 7.77. The average Bonchev–Trinajstić information content (AvgIpc) is 2.35. The van der Waals surface area contributed by atoms with Gasteiger partial charge in [-0.15, -0.1) is 0 Å². The molecule has 0 aromatic carbocycles. The van der Waals surface area contributed by atoms with Crippen LogP contribution in [0.3, 0.4) is 0 Å². The number of rotatable bonds is 3. The Labute approximate surface area is 120 Å². The largest absolute Gasteiger partial charge is 0.446 e. The van der Waals surface area contributed by atoms with Crippen molar-refractivity contribution in [2.75, 3.05) is 0 Å². The minimum Gasteiger partial charge on any atom is -0.446 e. The molecular weight excluding hydrogens is 260 g/mol. The second-order valence-corrected chi connectivity index (χ2v) is 5.31. The zero-order valence-corrected chi connectivity index (χ0v) is 12.6. The van der Waals surface area contributed by atoms with E-state index in [2.05, 4.69) is 11.5 Å². The highest BCUT2D eigenvalue weighted by Crippen LogP contribution is 2.17. The Bertz CT molecular complexity index is 366. The van der Waals surface area contributed by atoms with Crippen LogP contribution in [0.5, 0.6) is 0 Å². The van der Waals surface area contributed by atoms with Crippen LogP contribution in [0.2, 0.25) is 0 Å². The van der Waals surface area contributed by atoms with Crippen molar-refractivity contribution in [1.82, 2.24) is 10.4 Å². The molecule has 1 atom stereocenters. The Hall–Kier alpha value is -1.72. The molecule has 0 aromatic rings. The number of ether oxygens (including phenoxy) is 2. The van der Waals surface area contributed by atoms with Crippen molar-refractivity contribution in [3.05, 3.63) is 12.2 Å². The molecule has 1 unspecified atom stereocenters. The molecular formula is C14H24N2O4. The number of allylic oxidation sites excluding steroid dienone is 1. The summed E-state index contributed by atoms with van der Waals surface area (Å²) in [5.74, 6) is 0. The van der Waals surface area contributed by atoms with Gasteiger partial charge < -0.3 is 9.47 Å². The highest BCUT2D eigenvalue weighted by molar-refractivity contribution is 5.74. The minimum absolute atomic E-state index is 0.106.